The summed E-state index contributed by atoms with van der Waals surface area (Å²) in [6.45, 7) is 3.46. The molecule has 1 aliphatic heterocycles. The van der Waals surface area contributed by atoms with Gasteiger partial charge in [-0.2, -0.15) is 0 Å². The first-order valence-electron chi connectivity index (χ1n) is 5.80. The van der Waals surface area contributed by atoms with Crippen LogP contribution in [0.1, 0.15) is 29.8 Å². The van der Waals surface area contributed by atoms with Crippen molar-refractivity contribution in [1.29, 1.82) is 0 Å². The fraction of sp³-hybridized carbons (Fsp3) is 0.462. The number of benzene rings is 1. The zero-order chi connectivity index (χ0) is 13.3. The van der Waals surface area contributed by atoms with Crippen LogP contribution in [0.5, 0.6) is 11.5 Å². The first-order chi connectivity index (χ1) is 8.43. The van der Waals surface area contributed by atoms with Crippen molar-refractivity contribution in [2.75, 3.05) is 19.8 Å². The Hall–Kier alpha value is -1.62. The van der Waals surface area contributed by atoms with Gasteiger partial charge in [0.15, 0.2) is 17.3 Å². The van der Waals surface area contributed by atoms with E-state index in [0.717, 1.165) is 0 Å². The topological polar surface area (TPSA) is 61.6 Å². The van der Waals surface area contributed by atoms with Gasteiger partial charge >= 0.3 is 0 Å². The summed E-state index contributed by atoms with van der Waals surface area (Å²) in [5.41, 5.74) is 4.24. The molecule has 1 aromatic carbocycles. The van der Waals surface area contributed by atoms with Gasteiger partial charge in [-0.15, -0.1) is 0 Å². The van der Waals surface area contributed by atoms with E-state index in [1.807, 2.05) is 0 Å². The van der Waals surface area contributed by atoms with Crippen LogP contribution in [0.3, 0.4) is 0 Å². The van der Waals surface area contributed by atoms with Gasteiger partial charge in [0.05, 0.1) is 6.54 Å². The number of hydrogen-bond donors (Lipinski definition) is 1. The lowest BCUT2D eigenvalue weighted by Crippen LogP contribution is -2.23. The molecule has 5 heteroatoms. The largest absolute Gasteiger partial charge is 0.486 e. The molecular formula is C13H16FNO3. The minimum atomic E-state index is -1.64. The smallest absolute Gasteiger partial charge is 0.176 e. The maximum absolute atomic E-state index is 14.2. The fourth-order valence-corrected chi connectivity index (χ4v) is 1.92. The monoisotopic (exact) mass is 253 g/mol. The van der Waals surface area contributed by atoms with Crippen LogP contribution < -0.4 is 15.2 Å². The first kappa shape index (κ1) is 12.8. The van der Waals surface area contributed by atoms with E-state index in [1.54, 1.807) is 0 Å². The van der Waals surface area contributed by atoms with Crippen molar-refractivity contribution in [2.24, 2.45) is 5.73 Å². The summed E-state index contributed by atoms with van der Waals surface area (Å²) in [6, 6.07) is 3.04. The summed E-state index contributed by atoms with van der Waals surface area (Å²) < 4.78 is 24.9. The Bertz CT molecular complexity index is 480. The SMILES string of the molecule is CC(C)(F)c1cc2c(cc1C(=O)CN)OCCO2. The van der Waals surface area contributed by atoms with E-state index in [9.17, 15) is 9.18 Å². The normalized spacial score (nSPS) is 14.4. The van der Waals surface area contributed by atoms with E-state index in [0.29, 0.717) is 24.7 Å². The van der Waals surface area contributed by atoms with Crippen molar-refractivity contribution in [3.63, 3.8) is 0 Å². The van der Waals surface area contributed by atoms with Crippen LogP contribution in [0, 0.1) is 0 Å². The Morgan fingerprint density at radius 1 is 1.33 bits per heavy atom. The molecule has 2 N–H and O–H groups in total. The molecule has 0 amide bonds. The molecular weight excluding hydrogens is 237 g/mol. The Balaban J connectivity index is 2.58. The third-order valence-corrected chi connectivity index (χ3v) is 2.81. The number of fused-ring (bicyclic) bond motifs is 1. The Labute approximate surface area is 105 Å². The molecule has 0 aromatic heterocycles. The van der Waals surface area contributed by atoms with Crippen LogP contribution in [-0.2, 0) is 5.67 Å². The van der Waals surface area contributed by atoms with Gasteiger partial charge in [0, 0.05) is 11.1 Å². The van der Waals surface area contributed by atoms with Crippen LogP contribution in [0.2, 0.25) is 0 Å². The maximum Gasteiger partial charge on any atom is 0.176 e. The van der Waals surface area contributed by atoms with Crippen LogP contribution in [0.25, 0.3) is 0 Å². The summed E-state index contributed by atoms with van der Waals surface area (Å²) in [4.78, 5) is 11.8. The van der Waals surface area contributed by atoms with Gasteiger partial charge in [0.25, 0.3) is 0 Å². The molecule has 18 heavy (non-hydrogen) atoms. The molecule has 0 unspecified atom stereocenters. The molecule has 1 heterocycles. The Kier molecular flexibility index (Phi) is 3.26. The number of nitrogens with two attached hydrogens (primary N) is 1. The van der Waals surface area contributed by atoms with Crippen molar-refractivity contribution < 1.29 is 18.7 Å². The molecule has 1 aromatic rings. The molecule has 4 nitrogen and oxygen atoms in total. The van der Waals surface area contributed by atoms with Crippen molar-refractivity contribution in [2.45, 2.75) is 19.5 Å². The lowest BCUT2D eigenvalue weighted by Gasteiger charge is -2.24. The highest BCUT2D eigenvalue weighted by Gasteiger charge is 2.28. The van der Waals surface area contributed by atoms with Gasteiger partial charge in [0.2, 0.25) is 0 Å². The minimum absolute atomic E-state index is 0.164. The molecule has 0 saturated heterocycles. The molecule has 0 radical (unpaired) electrons. The summed E-state index contributed by atoms with van der Waals surface area (Å²) >= 11 is 0. The van der Waals surface area contributed by atoms with E-state index in [2.05, 4.69) is 0 Å². The van der Waals surface area contributed by atoms with Gasteiger partial charge in [-0.3, -0.25) is 4.79 Å². The van der Waals surface area contributed by atoms with Gasteiger partial charge < -0.3 is 15.2 Å². The van der Waals surface area contributed by atoms with Crippen molar-refractivity contribution in [3.8, 4) is 11.5 Å². The molecule has 2 rings (SSSR count). The van der Waals surface area contributed by atoms with Gasteiger partial charge in [-0.25, -0.2) is 4.39 Å². The van der Waals surface area contributed by atoms with Crippen LogP contribution in [-0.4, -0.2) is 25.5 Å². The summed E-state index contributed by atoms with van der Waals surface area (Å²) in [7, 11) is 0. The zero-order valence-corrected chi connectivity index (χ0v) is 10.5. The average Bonchev–Trinajstić information content (AvgIpc) is 2.35. The summed E-state index contributed by atoms with van der Waals surface area (Å²) in [5, 5.41) is 0. The summed E-state index contributed by atoms with van der Waals surface area (Å²) in [6.07, 6.45) is 0. The van der Waals surface area contributed by atoms with Gasteiger partial charge in [-0.05, 0) is 26.0 Å². The van der Waals surface area contributed by atoms with E-state index < -0.39 is 5.67 Å². The van der Waals surface area contributed by atoms with Crippen molar-refractivity contribution >= 4 is 5.78 Å². The van der Waals surface area contributed by atoms with E-state index in [4.69, 9.17) is 15.2 Å². The average molecular weight is 253 g/mol. The lowest BCUT2D eigenvalue weighted by molar-refractivity contribution is 0.0992. The molecule has 98 valence electrons. The third kappa shape index (κ3) is 2.31. The predicted octanol–water partition coefficient (Wildman–Crippen LogP) is 1.80. The van der Waals surface area contributed by atoms with Crippen LogP contribution in [0.15, 0.2) is 12.1 Å². The van der Waals surface area contributed by atoms with E-state index >= 15 is 0 Å². The van der Waals surface area contributed by atoms with Crippen molar-refractivity contribution in [3.05, 3.63) is 23.3 Å². The second kappa shape index (κ2) is 4.57. The number of hydrogen-bond acceptors (Lipinski definition) is 4. The molecule has 0 fully saturated rings. The quantitative estimate of drug-likeness (QED) is 0.834. The highest BCUT2D eigenvalue weighted by atomic mass is 19.1. The standard InChI is InChI=1S/C13H16FNO3/c1-13(2,14)9-6-12-11(17-3-4-18-12)5-8(9)10(16)7-15/h5-6H,3-4,7,15H2,1-2H3. The van der Waals surface area contributed by atoms with Gasteiger partial charge in [0.1, 0.15) is 18.9 Å². The number of rotatable bonds is 3. The molecule has 1 aliphatic rings. The lowest BCUT2D eigenvalue weighted by atomic mass is 9.91. The minimum Gasteiger partial charge on any atom is -0.486 e. The zero-order valence-electron chi connectivity index (χ0n) is 10.5. The third-order valence-electron chi connectivity index (χ3n) is 2.81. The Morgan fingerprint density at radius 3 is 2.39 bits per heavy atom. The number of alkyl halides is 1. The highest BCUT2D eigenvalue weighted by Crippen LogP contribution is 2.38. The van der Waals surface area contributed by atoms with E-state index in [-0.39, 0.29) is 23.5 Å². The molecule has 0 bridgehead atoms. The maximum atomic E-state index is 14.2. The highest BCUT2D eigenvalue weighted by molar-refractivity contribution is 5.99. The Morgan fingerprint density at radius 2 is 1.89 bits per heavy atom. The number of Topliss-reactive ketones (excluding diaryl/α,β-unsaturated/α-hetero) is 1. The molecule has 0 aliphatic carbocycles. The molecule has 0 spiro atoms. The summed E-state index contributed by atoms with van der Waals surface area (Å²) in [5.74, 6) is 0.620. The fourth-order valence-electron chi connectivity index (χ4n) is 1.92. The number of halogens is 1. The van der Waals surface area contributed by atoms with Gasteiger partial charge in [-0.1, -0.05) is 0 Å². The first-order valence-corrected chi connectivity index (χ1v) is 5.80. The second-order valence-corrected chi connectivity index (χ2v) is 4.64. The van der Waals surface area contributed by atoms with E-state index in [1.165, 1.54) is 26.0 Å². The number of ketones is 1. The van der Waals surface area contributed by atoms with Crippen LogP contribution >= 0.6 is 0 Å². The molecule has 0 atom stereocenters. The number of carbonyl (C=O) groups excluding carboxylic acids is 1. The second-order valence-electron chi connectivity index (χ2n) is 4.64. The number of carbonyl (C=O) groups is 1. The predicted molar refractivity (Wildman–Crippen MR) is 65.0 cm³/mol. The van der Waals surface area contributed by atoms with Crippen molar-refractivity contribution in [1.82, 2.24) is 0 Å². The molecule has 0 saturated carbocycles. The van der Waals surface area contributed by atoms with Crippen LogP contribution in [0.4, 0.5) is 4.39 Å². The number of ether oxygens (including phenoxy) is 2.